The van der Waals surface area contributed by atoms with Crippen molar-refractivity contribution in [1.29, 1.82) is 0 Å². The number of carbonyl (C=O) groups is 1. The second-order valence-electron chi connectivity index (χ2n) is 1.81. The van der Waals surface area contributed by atoms with E-state index in [1.807, 2.05) is 0 Å². The summed E-state index contributed by atoms with van der Waals surface area (Å²) in [5.41, 5.74) is 0. The van der Waals surface area contributed by atoms with Gasteiger partial charge < -0.3 is 20.1 Å². The molecule has 0 aromatic heterocycles. The third-order valence-corrected chi connectivity index (χ3v) is 0.827. The van der Waals surface area contributed by atoms with Crippen LogP contribution in [-0.4, -0.2) is 24.7 Å². The Bertz CT molecular complexity index is 71.0. The molecule has 2 N–H and O–H groups in total. The number of rotatable bonds is 0. The molecule has 62 valence electrons. The van der Waals surface area contributed by atoms with Gasteiger partial charge in [0.25, 0.3) is 0 Å². The number of carbonyl (C=O) groups excluding carboxylic acids is 1. The summed E-state index contributed by atoms with van der Waals surface area (Å²) in [6, 6.07) is 0. The van der Waals surface area contributed by atoms with Crippen LogP contribution < -0.4 is 34.7 Å². The summed E-state index contributed by atoms with van der Waals surface area (Å²) in [6.45, 7) is 2.97. The van der Waals surface area contributed by atoms with E-state index in [4.69, 9.17) is 14.6 Å². The molecule has 0 bridgehead atoms. The van der Waals surface area contributed by atoms with Crippen molar-refractivity contribution in [2.24, 2.45) is 0 Å². The van der Waals surface area contributed by atoms with Crippen molar-refractivity contribution >= 4 is 5.97 Å². The summed E-state index contributed by atoms with van der Waals surface area (Å²) < 4.78 is 4.94. The van der Waals surface area contributed by atoms with Crippen LogP contribution in [0.5, 0.6) is 0 Å². The normalized spacial score (nSPS) is 13.2. The molecule has 0 spiro atoms. The topological polar surface area (TPSA) is 80.9 Å². The van der Waals surface area contributed by atoms with Crippen molar-refractivity contribution < 1.29 is 49.7 Å². The minimum absolute atomic E-state index is 0. The average Bonchev–Trinajstić information content (AvgIpc) is 2.11. The second kappa shape index (κ2) is 13.0. The van der Waals surface area contributed by atoms with Gasteiger partial charge in [-0.05, 0) is 19.8 Å². The minimum atomic E-state index is -1.08. The zero-order valence-electron chi connectivity index (χ0n) is 7.05. The molecule has 0 atom stereocenters. The number of ether oxygens (including phenoxy) is 1. The van der Waals surface area contributed by atoms with Crippen LogP contribution in [0.2, 0.25) is 0 Å². The van der Waals surface area contributed by atoms with E-state index in [9.17, 15) is 0 Å². The smallest absolute Gasteiger partial charge is 0.550 e. The van der Waals surface area contributed by atoms with Gasteiger partial charge in [-0.1, -0.05) is 0 Å². The van der Waals surface area contributed by atoms with Crippen LogP contribution in [0.3, 0.4) is 0 Å². The summed E-state index contributed by atoms with van der Waals surface area (Å²) in [6.07, 6.45) is 2.56. The zero-order chi connectivity index (χ0) is 7.11. The summed E-state index contributed by atoms with van der Waals surface area (Å²) in [4.78, 5) is 8.89. The van der Waals surface area contributed by atoms with Crippen molar-refractivity contribution in [2.75, 3.05) is 13.2 Å². The molecule has 0 aromatic carbocycles. The van der Waals surface area contributed by atoms with Gasteiger partial charge in [-0.15, -0.1) is 0 Å². The van der Waals surface area contributed by atoms with Crippen molar-refractivity contribution in [2.45, 2.75) is 19.8 Å². The summed E-state index contributed by atoms with van der Waals surface area (Å²) in [7, 11) is 0. The molecule has 0 saturated carbocycles. The number of hydrogen-bond donors (Lipinski definition) is 0. The molecule has 5 heteroatoms. The molecule has 0 aliphatic carbocycles. The van der Waals surface area contributed by atoms with Crippen molar-refractivity contribution in [3.63, 3.8) is 0 Å². The Labute approximate surface area is 88.5 Å². The maximum absolute atomic E-state index is 8.89. The Kier molecular flexibility index (Phi) is 20.7. The van der Waals surface area contributed by atoms with E-state index >= 15 is 0 Å². The van der Waals surface area contributed by atoms with Crippen LogP contribution in [0, 0.1) is 0 Å². The summed E-state index contributed by atoms with van der Waals surface area (Å²) >= 11 is 0. The Morgan fingerprint density at radius 1 is 1.36 bits per heavy atom. The van der Waals surface area contributed by atoms with Crippen LogP contribution in [0.25, 0.3) is 0 Å². The molecule has 0 amide bonds. The molecule has 1 aliphatic heterocycles. The third-order valence-electron chi connectivity index (χ3n) is 0.827. The molecule has 4 nitrogen and oxygen atoms in total. The summed E-state index contributed by atoms with van der Waals surface area (Å²) in [5, 5.41) is 8.89. The molecule has 11 heavy (non-hydrogen) atoms. The van der Waals surface area contributed by atoms with Crippen LogP contribution in [-0.2, 0) is 9.53 Å². The molecule has 1 heterocycles. The summed E-state index contributed by atoms with van der Waals surface area (Å²) in [5.74, 6) is -1.08. The van der Waals surface area contributed by atoms with Gasteiger partial charge in [-0.2, -0.15) is 0 Å². The standard InChI is InChI=1S/C4H8O.C2H4O2.Na.H2O/c1-2-4-5-3-1;1-2(3)4;;/h1-4H2;1H3,(H,3,4);;1H2/q;;+1;/p-1. The van der Waals surface area contributed by atoms with Crippen molar-refractivity contribution in [3.8, 4) is 0 Å². The van der Waals surface area contributed by atoms with Gasteiger partial charge in [0.05, 0.1) is 0 Å². The van der Waals surface area contributed by atoms with E-state index < -0.39 is 5.97 Å². The number of carboxylic acids is 1. The number of aliphatic carboxylic acids is 1. The molecule has 1 aliphatic rings. The maximum atomic E-state index is 8.89. The quantitative estimate of drug-likeness (QED) is 0.347. The predicted octanol–water partition coefficient (Wildman–Crippen LogP) is -4.27. The van der Waals surface area contributed by atoms with E-state index in [1.165, 1.54) is 12.8 Å². The third kappa shape index (κ3) is 25.2. The van der Waals surface area contributed by atoms with Gasteiger partial charge in [0.2, 0.25) is 0 Å². The van der Waals surface area contributed by atoms with E-state index in [0.29, 0.717) is 0 Å². The van der Waals surface area contributed by atoms with Crippen molar-refractivity contribution in [1.82, 2.24) is 0 Å². The fourth-order valence-electron chi connectivity index (χ4n) is 0.510. The Balaban J connectivity index is -0.000000101. The first-order chi connectivity index (χ1) is 4.23. The Morgan fingerprint density at radius 2 is 1.64 bits per heavy atom. The van der Waals surface area contributed by atoms with Crippen LogP contribution >= 0.6 is 0 Å². The van der Waals surface area contributed by atoms with Crippen molar-refractivity contribution in [3.05, 3.63) is 0 Å². The molecular weight excluding hydrogens is 159 g/mol. The van der Waals surface area contributed by atoms with E-state index in [-0.39, 0.29) is 35.0 Å². The van der Waals surface area contributed by atoms with Crippen LogP contribution in [0.1, 0.15) is 19.8 Å². The molecule has 1 rings (SSSR count). The fraction of sp³-hybridized carbons (Fsp3) is 0.833. The van der Waals surface area contributed by atoms with Gasteiger partial charge >= 0.3 is 29.6 Å². The second-order valence-corrected chi connectivity index (χ2v) is 1.81. The molecule has 0 radical (unpaired) electrons. The monoisotopic (exact) mass is 172 g/mol. The predicted molar refractivity (Wildman–Crippen MR) is 34.3 cm³/mol. The Morgan fingerprint density at radius 3 is 1.73 bits per heavy atom. The van der Waals surface area contributed by atoms with Gasteiger partial charge in [0.15, 0.2) is 0 Å². The van der Waals surface area contributed by atoms with Gasteiger partial charge in [0.1, 0.15) is 0 Å². The first kappa shape index (κ1) is 17.5. The minimum Gasteiger partial charge on any atom is -0.550 e. The number of carboxylic acid groups (broad SMARTS) is 1. The maximum Gasteiger partial charge on any atom is 1.00 e. The van der Waals surface area contributed by atoms with Gasteiger partial charge in [-0.3, -0.25) is 0 Å². The van der Waals surface area contributed by atoms with Crippen LogP contribution in [0.4, 0.5) is 0 Å². The van der Waals surface area contributed by atoms with E-state index in [0.717, 1.165) is 20.1 Å². The SMILES string of the molecule is C1CCOC1.CC(=O)[O-].O.[Na+]. The first-order valence-corrected chi connectivity index (χ1v) is 2.99. The molecule has 0 unspecified atom stereocenters. The van der Waals surface area contributed by atoms with Gasteiger partial charge in [0, 0.05) is 19.2 Å². The zero-order valence-corrected chi connectivity index (χ0v) is 9.05. The van der Waals surface area contributed by atoms with E-state index in [2.05, 4.69) is 0 Å². The largest absolute Gasteiger partial charge is 1.00 e. The molecule has 1 fully saturated rings. The van der Waals surface area contributed by atoms with E-state index in [1.54, 1.807) is 0 Å². The number of hydrogen-bond acceptors (Lipinski definition) is 3. The fourth-order valence-corrected chi connectivity index (χ4v) is 0.510. The van der Waals surface area contributed by atoms with Crippen LogP contribution in [0.15, 0.2) is 0 Å². The molecule has 0 aromatic rings. The average molecular weight is 172 g/mol. The molecular formula is C6H13NaO4. The molecule has 1 saturated heterocycles. The Hall–Kier alpha value is 0.390. The first-order valence-electron chi connectivity index (χ1n) is 2.99. The van der Waals surface area contributed by atoms with Gasteiger partial charge in [-0.25, -0.2) is 0 Å².